The van der Waals surface area contributed by atoms with Gasteiger partial charge in [-0.1, -0.05) is 6.07 Å². The standard InChI is InChI=1S/C17H15BrF3N6/c18-14-9-22-15(16-23-11-24-27(14)16)12-2-1-3-13(8-12)26-6-4-25(5-7-26)10-17(19,20)21/h1,3,8-9,11H,4-7,10H2. The van der Waals surface area contributed by atoms with E-state index in [-0.39, 0.29) is 0 Å². The van der Waals surface area contributed by atoms with Gasteiger partial charge in [0, 0.05) is 37.4 Å². The molecule has 141 valence electrons. The molecule has 0 amide bonds. The maximum Gasteiger partial charge on any atom is 0.401 e. The second-order valence-electron chi connectivity index (χ2n) is 6.26. The van der Waals surface area contributed by atoms with Gasteiger partial charge >= 0.3 is 6.18 Å². The van der Waals surface area contributed by atoms with E-state index in [1.54, 1.807) is 16.8 Å². The Morgan fingerprint density at radius 3 is 2.67 bits per heavy atom. The van der Waals surface area contributed by atoms with E-state index in [0.29, 0.717) is 42.1 Å². The second kappa shape index (κ2) is 7.08. The fraction of sp³-hybridized carbons (Fsp3) is 0.353. The molecule has 1 fully saturated rings. The molecule has 0 unspecified atom stereocenters. The number of nitrogens with zero attached hydrogens (tertiary/aromatic N) is 6. The highest BCUT2D eigenvalue weighted by atomic mass is 79.9. The first-order valence-electron chi connectivity index (χ1n) is 8.31. The van der Waals surface area contributed by atoms with E-state index in [1.165, 1.54) is 11.2 Å². The van der Waals surface area contributed by atoms with Crippen molar-refractivity contribution in [2.75, 3.05) is 37.6 Å². The van der Waals surface area contributed by atoms with Crippen LogP contribution in [0.3, 0.4) is 0 Å². The van der Waals surface area contributed by atoms with Gasteiger partial charge in [0.25, 0.3) is 0 Å². The molecular weight excluding hydrogens is 425 g/mol. The van der Waals surface area contributed by atoms with E-state index in [4.69, 9.17) is 0 Å². The lowest BCUT2D eigenvalue weighted by molar-refractivity contribution is -0.146. The number of anilines is 1. The van der Waals surface area contributed by atoms with Gasteiger partial charge in [0.05, 0.1) is 12.7 Å². The van der Waals surface area contributed by atoms with Crippen molar-refractivity contribution in [3.8, 4) is 11.3 Å². The maximum atomic E-state index is 12.5. The van der Waals surface area contributed by atoms with Crippen molar-refractivity contribution in [3.05, 3.63) is 41.4 Å². The summed E-state index contributed by atoms with van der Waals surface area (Å²) >= 11 is 3.38. The molecule has 0 N–H and O–H groups in total. The van der Waals surface area contributed by atoms with Crippen LogP contribution in [0.4, 0.5) is 18.9 Å². The SMILES string of the molecule is FC(F)(F)CN1CCN(c2cc[c]c(-c3ncc(Br)n4ncnc34)c2)CC1. The fourth-order valence-electron chi connectivity index (χ4n) is 3.19. The van der Waals surface area contributed by atoms with Gasteiger partial charge in [0.1, 0.15) is 16.6 Å². The number of piperazine rings is 1. The molecule has 1 aromatic carbocycles. The summed E-state index contributed by atoms with van der Waals surface area (Å²) in [6, 6.07) is 8.80. The minimum Gasteiger partial charge on any atom is -0.369 e. The maximum absolute atomic E-state index is 12.5. The number of rotatable bonds is 3. The van der Waals surface area contributed by atoms with E-state index in [9.17, 15) is 13.2 Å². The normalized spacial score (nSPS) is 16.2. The number of hydrogen-bond acceptors (Lipinski definition) is 5. The molecule has 0 aliphatic carbocycles. The van der Waals surface area contributed by atoms with Crippen LogP contribution in [0.15, 0.2) is 35.3 Å². The average molecular weight is 440 g/mol. The molecule has 3 heterocycles. The molecule has 2 aromatic heterocycles. The Kier molecular flexibility index (Phi) is 4.77. The molecule has 4 rings (SSSR count). The summed E-state index contributed by atoms with van der Waals surface area (Å²) in [5.41, 5.74) is 2.94. The first kappa shape index (κ1) is 18.2. The van der Waals surface area contributed by atoms with Crippen LogP contribution >= 0.6 is 15.9 Å². The summed E-state index contributed by atoms with van der Waals surface area (Å²) in [6.07, 6.45) is -1.06. The number of alkyl halides is 3. The predicted molar refractivity (Wildman–Crippen MR) is 97.5 cm³/mol. The molecule has 3 aromatic rings. The van der Waals surface area contributed by atoms with Crippen LogP contribution in [-0.2, 0) is 0 Å². The number of halogens is 4. The topological polar surface area (TPSA) is 49.6 Å². The summed E-state index contributed by atoms with van der Waals surface area (Å²) in [5, 5.41) is 4.15. The summed E-state index contributed by atoms with van der Waals surface area (Å²) < 4.78 is 40.0. The molecule has 27 heavy (non-hydrogen) atoms. The van der Waals surface area contributed by atoms with E-state index in [2.05, 4.69) is 42.0 Å². The number of fused-ring (bicyclic) bond motifs is 1. The predicted octanol–water partition coefficient (Wildman–Crippen LogP) is 3.04. The molecule has 1 aliphatic heterocycles. The molecule has 10 heteroatoms. The largest absolute Gasteiger partial charge is 0.401 e. The van der Waals surface area contributed by atoms with Crippen molar-refractivity contribution in [3.63, 3.8) is 0 Å². The van der Waals surface area contributed by atoms with Crippen molar-refractivity contribution in [2.24, 2.45) is 0 Å². The van der Waals surface area contributed by atoms with Crippen molar-refractivity contribution >= 4 is 27.3 Å². The zero-order valence-electron chi connectivity index (χ0n) is 14.1. The van der Waals surface area contributed by atoms with Gasteiger partial charge in [-0.3, -0.25) is 4.90 Å². The van der Waals surface area contributed by atoms with E-state index in [0.717, 1.165) is 11.3 Å². The first-order valence-corrected chi connectivity index (χ1v) is 9.10. The monoisotopic (exact) mass is 439 g/mol. The Bertz CT molecular complexity index is 949. The van der Waals surface area contributed by atoms with E-state index < -0.39 is 12.7 Å². The van der Waals surface area contributed by atoms with E-state index >= 15 is 0 Å². The molecular formula is C17H15BrF3N6. The van der Waals surface area contributed by atoms with Gasteiger partial charge in [-0.25, -0.2) is 14.5 Å². The molecule has 0 bridgehead atoms. The van der Waals surface area contributed by atoms with Crippen molar-refractivity contribution in [1.29, 1.82) is 0 Å². The van der Waals surface area contributed by atoms with Crippen LogP contribution in [0, 0.1) is 6.07 Å². The number of hydrogen-bond donors (Lipinski definition) is 0. The quantitative estimate of drug-likeness (QED) is 0.627. The second-order valence-corrected chi connectivity index (χ2v) is 7.08. The Hall–Kier alpha value is -2.20. The lowest BCUT2D eigenvalue weighted by atomic mass is 10.1. The Labute approximate surface area is 161 Å². The summed E-state index contributed by atoms with van der Waals surface area (Å²) in [7, 11) is 0. The summed E-state index contributed by atoms with van der Waals surface area (Å²) in [4.78, 5) is 12.2. The summed E-state index contributed by atoms with van der Waals surface area (Å²) in [5.74, 6) is 0. The van der Waals surface area contributed by atoms with Crippen LogP contribution in [0.25, 0.3) is 16.9 Å². The highest BCUT2D eigenvalue weighted by Crippen LogP contribution is 2.27. The van der Waals surface area contributed by atoms with Gasteiger partial charge in [-0.05, 0) is 34.1 Å². The third kappa shape index (κ3) is 3.91. The first-order chi connectivity index (χ1) is 12.9. The van der Waals surface area contributed by atoms with Crippen LogP contribution in [0.5, 0.6) is 0 Å². The van der Waals surface area contributed by atoms with Crippen molar-refractivity contribution in [2.45, 2.75) is 6.18 Å². The molecule has 1 radical (unpaired) electrons. The van der Waals surface area contributed by atoms with Gasteiger partial charge in [0.15, 0.2) is 5.65 Å². The zero-order valence-corrected chi connectivity index (χ0v) is 15.7. The van der Waals surface area contributed by atoms with Crippen molar-refractivity contribution in [1.82, 2.24) is 24.5 Å². The molecule has 0 atom stereocenters. The van der Waals surface area contributed by atoms with E-state index in [1.807, 2.05) is 12.1 Å². The minimum atomic E-state index is -4.16. The van der Waals surface area contributed by atoms with Gasteiger partial charge in [0.2, 0.25) is 0 Å². The van der Waals surface area contributed by atoms with Crippen molar-refractivity contribution < 1.29 is 13.2 Å². The third-order valence-electron chi connectivity index (χ3n) is 4.44. The van der Waals surface area contributed by atoms with Gasteiger partial charge in [-0.2, -0.15) is 18.3 Å². The summed E-state index contributed by atoms with van der Waals surface area (Å²) in [6.45, 7) is 0.959. The average Bonchev–Trinajstić information content (AvgIpc) is 3.12. The van der Waals surface area contributed by atoms with Crippen LogP contribution in [-0.4, -0.2) is 63.4 Å². The Balaban J connectivity index is 1.55. The molecule has 0 saturated carbocycles. The smallest absolute Gasteiger partial charge is 0.369 e. The third-order valence-corrected chi connectivity index (χ3v) is 4.98. The Morgan fingerprint density at radius 1 is 1.15 bits per heavy atom. The molecule has 1 saturated heterocycles. The van der Waals surface area contributed by atoms with Gasteiger partial charge in [-0.15, -0.1) is 0 Å². The van der Waals surface area contributed by atoms with Crippen LogP contribution in [0.2, 0.25) is 0 Å². The molecule has 6 nitrogen and oxygen atoms in total. The fourth-order valence-corrected chi connectivity index (χ4v) is 3.55. The molecule has 0 spiro atoms. The van der Waals surface area contributed by atoms with Crippen LogP contribution in [0.1, 0.15) is 0 Å². The van der Waals surface area contributed by atoms with Gasteiger partial charge < -0.3 is 4.90 Å². The molecule has 1 aliphatic rings. The Morgan fingerprint density at radius 2 is 1.93 bits per heavy atom. The zero-order chi connectivity index (χ0) is 19.0. The highest BCUT2D eigenvalue weighted by molar-refractivity contribution is 9.10. The number of aromatic nitrogens is 4. The highest BCUT2D eigenvalue weighted by Gasteiger charge is 2.32. The number of benzene rings is 1. The lowest BCUT2D eigenvalue weighted by Crippen LogP contribution is -2.49. The lowest BCUT2D eigenvalue weighted by Gasteiger charge is -2.36. The van der Waals surface area contributed by atoms with Crippen LogP contribution < -0.4 is 4.90 Å². The minimum absolute atomic E-state index is 0.373.